The summed E-state index contributed by atoms with van der Waals surface area (Å²) < 4.78 is 4.83. The largest absolute Gasteiger partial charge is 0.465 e. The number of amides is 1. The highest BCUT2D eigenvalue weighted by Gasteiger charge is 2.20. The summed E-state index contributed by atoms with van der Waals surface area (Å²) in [5.41, 5.74) is 0. The number of hydrogen-bond acceptors (Lipinski definition) is 3. The SMILES string of the molecule is N=C1COCCN1C(=O)O. The molecule has 0 saturated carbocycles. The molecule has 0 aromatic rings. The van der Waals surface area contributed by atoms with E-state index in [0.717, 1.165) is 4.90 Å². The van der Waals surface area contributed by atoms with Crippen LogP contribution in [0.2, 0.25) is 0 Å². The number of morpholine rings is 1. The molecule has 0 atom stereocenters. The maximum atomic E-state index is 10.3. The topological polar surface area (TPSA) is 73.6 Å². The minimum Gasteiger partial charge on any atom is -0.465 e. The lowest BCUT2D eigenvalue weighted by molar-refractivity contribution is 0.103. The summed E-state index contributed by atoms with van der Waals surface area (Å²) in [6, 6.07) is 0. The van der Waals surface area contributed by atoms with Gasteiger partial charge in [0.05, 0.1) is 13.2 Å². The third-order valence-corrected chi connectivity index (χ3v) is 1.25. The van der Waals surface area contributed by atoms with Crippen LogP contribution in [0, 0.1) is 5.41 Å². The molecule has 0 aliphatic carbocycles. The average Bonchev–Trinajstić information content (AvgIpc) is 1.88. The number of hydrogen-bond donors (Lipinski definition) is 2. The van der Waals surface area contributed by atoms with Crippen molar-refractivity contribution in [3.8, 4) is 0 Å². The molecule has 0 radical (unpaired) electrons. The maximum absolute atomic E-state index is 10.3. The fraction of sp³-hybridized carbons (Fsp3) is 0.600. The molecule has 56 valence electrons. The standard InChI is InChI=1S/C5H8N2O3/c6-4-3-10-2-1-7(4)5(8)9/h6H,1-3H2,(H,8,9). The van der Waals surface area contributed by atoms with E-state index in [9.17, 15) is 4.79 Å². The van der Waals surface area contributed by atoms with Gasteiger partial charge in [-0.05, 0) is 0 Å². The molecule has 5 heteroatoms. The Kier molecular flexibility index (Phi) is 1.86. The summed E-state index contributed by atoms with van der Waals surface area (Å²) in [7, 11) is 0. The molecule has 5 nitrogen and oxygen atoms in total. The van der Waals surface area contributed by atoms with Crippen LogP contribution in [0.15, 0.2) is 0 Å². The summed E-state index contributed by atoms with van der Waals surface area (Å²) in [6.45, 7) is 0.759. The van der Waals surface area contributed by atoms with Crippen molar-refractivity contribution in [3.05, 3.63) is 0 Å². The van der Waals surface area contributed by atoms with Crippen LogP contribution >= 0.6 is 0 Å². The quantitative estimate of drug-likeness (QED) is 0.501. The van der Waals surface area contributed by atoms with Gasteiger partial charge in [0, 0.05) is 0 Å². The van der Waals surface area contributed by atoms with E-state index in [1.807, 2.05) is 0 Å². The van der Waals surface area contributed by atoms with E-state index >= 15 is 0 Å². The normalized spacial score (nSPS) is 19.2. The Bertz CT molecular complexity index is 168. The Morgan fingerprint density at radius 2 is 2.50 bits per heavy atom. The lowest BCUT2D eigenvalue weighted by Crippen LogP contribution is -2.44. The Morgan fingerprint density at radius 1 is 1.80 bits per heavy atom. The van der Waals surface area contributed by atoms with E-state index in [1.54, 1.807) is 0 Å². The Hall–Kier alpha value is -1.10. The first-order chi connectivity index (χ1) is 4.72. The second-order valence-corrected chi connectivity index (χ2v) is 1.93. The zero-order valence-corrected chi connectivity index (χ0v) is 5.33. The third-order valence-electron chi connectivity index (χ3n) is 1.25. The fourth-order valence-electron chi connectivity index (χ4n) is 0.749. The van der Waals surface area contributed by atoms with Crippen molar-refractivity contribution < 1.29 is 14.6 Å². The molecule has 1 rings (SSSR count). The van der Waals surface area contributed by atoms with Gasteiger partial charge in [0.25, 0.3) is 0 Å². The molecule has 0 spiro atoms. The molecular weight excluding hydrogens is 136 g/mol. The van der Waals surface area contributed by atoms with Crippen LogP contribution in [0.4, 0.5) is 4.79 Å². The highest BCUT2D eigenvalue weighted by atomic mass is 16.5. The van der Waals surface area contributed by atoms with Crippen LogP contribution in [0.25, 0.3) is 0 Å². The number of rotatable bonds is 0. The predicted molar refractivity (Wildman–Crippen MR) is 33.3 cm³/mol. The lowest BCUT2D eigenvalue weighted by atomic mass is 10.4. The van der Waals surface area contributed by atoms with Crippen LogP contribution in [-0.2, 0) is 4.74 Å². The smallest absolute Gasteiger partial charge is 0.412 e. The Morgan fingerprint density at radius 3 is 2.90 bits per heavy atom. The number of carboxylic acid groups (broad SMARTS) is 1. The maximum Gasteiger partial charge on any atom is 0.412 e. The van der Waals surface area contributed by atoms with Gasteiger partial charge >= 0.3 is 6.09 Å². The van der Waals surface area contributed by atoms with Crippen molar-refractivity contribution >= 4 is 11.9 Å². The molecule has 2 N–H and O–H groups in total. The number of nitrogens with zero attached hydrogens (tertiary/aromatic N) is 1. The minimum atomic E-state index is -1.08. The number of carbonyl (C=O) groups is 1. The van der Waals surface area contributed by atoms with Gasteiger partial charge < -0.3 is 9.84 Å². The Labute approximate surface area is 57.7 Å². The molecular formula is C5H8N2O3. The average molecular weight is 144 g/mol. The summed E-state index contributed by atoms with van der Waals surface area (Å²) in [4.78, 5) is 11.3. The van der Waals surface area contributed by atoms with Gasteiger partial charge in [-0.25, -0.2) is 4.79 Å². The third kappa shape index (κ3) is 1.24. The second-order valence-electron chi connectivity index (χ2n) is 1.93. The molecule has 0 unspecified atom stereocenters. The van der Waals surface area contributed by atoms with E-state index in [1.165, 1.54) is 0 Å². The monoisotopic (exact) mass is 144 g/mol. The Balaban J connectivity index is 2.56. The van der Waals surface area contributed by atoms with Crippen molar-refractivity contribution in [1.29, 1.82) is 5.41 Å². The molecule has 1 aliphatic rings. The van der Waals surface area contributed by atoms with E-state index in [0.29, 0.717) is 6.61 Å². The van der Waals surface area contributed by atoms with Gasteiger partial charge in [-0.2, -0.15) is 0 Å². The highest BCUT2D eigenvalue weighted by molar-refractivity contribution is 5.93. The summed E-state index contributed by atoms with van der Waals surface area (Å²) >= 11 is 0. The van der Waals surface area contributed by atoms with E-state index in [2.05, 4.69) is 0 Å². The number of amidine groups is 1. The van der Waals surface area contributed by atoms with Gasteiger partial charge in [0.2, 0.25) is 0 Å². The van der Waals surface area contributed by atoms with Crippen molar-refractivity contribution in [1.82, 2.24) is 4.90 Å². The number of ether oxygens (including phenoxy) is 1. The van der Waals surface area contributed by atoms with Crippen LogP contribution in [0.1, 0.15) is 0 Å². The predicted octanol–water partition coefficient (Wildman–Crippen LogP) is -0.0261. The molecule has 1 saturated heterocycles. The minimum absolute atomic E-state index is 0.0127. The fourth-order valence-corrected chi connectivity index (χ4v) is 0.749. The van der Waals surface area contributed by atoms with Crippen molar-refractivity contribution in [3.63, 3.8) is 0 Å². The summed E-state index contributed by atoms with van der Waals surface area (Å²) in [5.74, 6) is 0.0127. The molecule has 1 aliphatic heterocycles. The van der Waals surface area contributed by atoms with Gasteiger partial charge in [0.1, 0.15) is 12.4 Å². The molecule has 0 bridgehead atoms. The molecule has 10 heavy (non-hydrogen) atoms. The highest BCUT2D eigenvalue weighted by Crippen LogP contribution is 1.98. The van der Waals surface area contributed by atoms with Gasteiger partial charge in [-0.15, -0.1) is 0 Å². The van der Waals surface area contributed by atoms with E-state index in [4.69, 9.17) is 15.3 Å². The van der Waals surface area contributed by atoms with Gasteiger partial charge in [-0.1, -0.05) is 0 Å². The van der Waals surface area contributed by atoms with Gasteiger partial charge in [-0.3, -0.25) is 10.3 Å². The van der Waals surface area contributed by atoms with Crippen molar-refractivity contribution in [2.24, 2.45) is 0 Å². The van der Waals surface area contributed by atoms with E-state index < -0.39 is 6.09 Å². The first-order valence-electron chi connectivity index (χ1n) is 2.87. The van der Waals surface area contributed by atoms with Crippen LogP contribution in [-0.4, -0.2) is 41.7 Å². The van der Waals surface area contributed by atoms with Crippen LogP contribution < -0.4 is 0 Å². The zero-order chi connectivity index (χ0) is 7.56. The molecule has 0 aromatic carbocycles. The van der Waals surface area contributed by atoms with Crippen molar-refractivity contribution in [2.45, 2.75) is 0 Å². The summed E-state index contributed by atoms with van der Waals surface area (Å²) in [5, 5.41) is 15.5. The second kappa shape index (κ2) is 2.66. The molecule has 1 amide bonds. The number of nitrogens with one attached hydrogen (secondary N) is 1. The molecule has 1 heterocycles. The van der Waals surface area contributed by atoms with E-state index in [-0.39, 0.29) is 19.0 Å². The van der Waals surface area contributed by atoms with Crippen LogP contribution in [0.3, 0.4) is 0 Å². The van der Waals surface area contributed by atoms with Crippen LogP contribution in [0.5, 0.6) is 0 Å². The first kappa shape index (κ1) is 7.01. The van der Waals surface area contributed by atoms with Crippen molar-refractivity contribution in [2.75, 3.05) is 19.8 Å². The molecule has 0 aromatic heterocycles. The zero-order valence-electron chi connectivity index (χ0n) is 5.33. The van der Waals surface area contributed by atoms with Gasteiger partial charge in [0.15, 0.2) is 0 Å². The lowest BCUT2D eigenvalue weighted by Gasteiger charge is -2.24. The first-order valence-corrected chi connectivity index (χ1v) is 2.87. The summed E-state index contributed by atoms with van der Waals surface area (Å²) in [6.07, 6.45) is -1.08. The molecule has 1 fully saturated rings.